The molecule has 0 aromatic carbocycles. The van der Waals surface area contributed by atoms with Crippen LogP contribution in [-0.2, 0) is 11.2 Å². The fourth-order valence-electron chi connectivity index (χ4n) is 2.00. The molecule has 2 heterocycles. The van der Waals surface area contributed by atoms with Gasteiger partial charge in [-0.1, -0.05) is 0 Å². The normalized spacial score (nSPS) is 32.3. The smallest absolute Gasteiger partial charge is 0.0794 e. The summed E-state index contributed by atoms with van der Waals surface area (Å²) in [6.45, 7) is 2.98. The quantitative estimate of drug-likeness (QED) is 0.827. The van der Waals surface area contributed by atoms with Gasteiger partial charge in [0.1, 0.15) is 0 Å². The van der Waals surface area contributed by atoms with Crippen molar-refractivity contribution in [2.75, 3.05) is 13.2 Å². The van der Waals surface area contributed by atoms with Gasteiger partial charge >= 0.3 is 0 Å². The molecule has 2 unspecified atom stereocenters. The number of thiazole rings is 1. The molecule has 1 saturated heterocycles. The van der Waals surface area contributed by atoms with Crippen molar-refractivity contribution < 1.29 is 9.84 Å². The van der Waals surface area contributed by atoms with Gasteiger partial charge in [-0.3, -0.25) is 0 Å². The second-order valence-electron chi connectivity index (χ2n) is 3.94. The average molecular weight is 213 g/mol. The number of aliphatic hydroxyl groups is 1. The van der Waals surface area contributed by atoms with Gasteiger partial charge in [0.15, 0.2) is 0 Å². The fraction of sp³-hybridized carbons (Fsp3) is 0.700. The van der Waals surface area contributed by atoms with Crippen LogP contribution in [0.25, 0.3) is 0 Å². The maximum Gasteiger partial charge on any atom is 0.0794 e. The first-order valence-electron chi connectivity index (χ1n) is 4.86. The summed E-state index contributed by atoms with van der Waals surface area (Å²) in [7, 11) is 0. The Hall–Kier alpha value is -0.450. The van der Waals surface area contributed by atoms with Gasteiger partial charge in [0, 0.05) is 23.8 Å². The number of rotatable bonds is 3. The molecule has 2 rings (SSSR count). The van der Waals surface area contributed by atoms with Gasteiger partial charge in [0.05, 0.1) is 23.9 Å². The number of ether oxygens (including phenoxy) is 1. The molecule has 0 saturated carbocycles. The topological polar surface area (TPSA) is 42.4 Å². The van der Waals surface area contributed by atoms with Crippen molar-refractivity contribution in [2.45, 2.75) is 25.9 Å². The first-order valence-corrected chi connectivity index (χ1v) is 5.81. The molecule has 14 heavy (non-hydrogen) atoms. The predicted octanol–water partition coefficient (Wildman–Crippen LogP) is 1.47. The highest BCUT2D eigenvalue weighted by molar-refractivity contribution is 7.07. The lowest BCUT2D eigenvalue weighted by Crippen LogP contribution is -2.35. The van der Waals surface area contributed by atoms with Gasteiger partial charge < -0.3 is 9.84 Å². The van der Waals surface area contributed by atoms with E-state index >= 15 is 0 Å². The van der Waals surface area contributed by atoms with E-state index in [4.69, 9.17) is 4.74 Å². The highest BCUT2D eigenvalue weighted by atomic mass is 32.1. The zero-order valence-electron chi connectivity index (χ0n) is 8.27. The van der Waals surface area contributed by atoms with E-state index in [0.717, 1.165) is 25.1 Å². The van der Waals surface area contributed by atoms with E-state index in [1.54, 1.807) is 11.3 Å². The van der Waals surface area contributed by atoms with Gasteiger partial charge in [-0.05, 0) is 13.3 Å². The molecule has 78 valence electrons. The summed E-state index contributed by atoms with van der Waals surface area (Å²) >= 11 is 1.60. The molecule has 0 aliphatic carbocycles. The lowest BCUT2D eigenvalue weighted by Gasteiger charge is -2.29. The van der Waals surface area contributed by atoms with Crippen LogP contribution in [0.3, 0.4) is 0 Å². The van der Waals surface area contributed by atoms with Crippen LogP contribution >= 0.6 is 11.3 Å². The monoisotopic (exact) mass is 213 g/mol. The van der Waals surface area contributed by atoms with Crippen LogP contribution in [0.15, 0.2) is 10.9 Å². The summed E-state index contributed by atoms with van der Waals surface area (Å²) in [6, 6.07) is 0. The highest BCUT2D eigenvalue weighted by Gasteiger charge is 2.41. The molecule has 1 aliphatic heterocycles. The van der Waals surface area contributed by atoms with Crippen molar-refractivity contribution in [1.29, 1.82) is 0 Å². The van der Waals surface area contributed by atoms with Gasteiger partial charge in [-0.2, -0.15) is 0 Å². The molecule has 1 aromatic heterocycles. The summed E-state index contributed by atoms with van der Waals surface area (Å²) in [5.41, 5.74) is 2.80. The molecule has 3 nitrogen and oxygen atoms in total. The third-order valence-electron chi connectivity index (χ3n) is 3.16. The van der Waals surface area contributed by atoms with Crippen LogP contribution in [0, 0.1) is 5.41 Å². The number of nitrogens with zero attached hydrogens (tertiary/aromatic N) is 1. The van der Waals surface area contributed by atoms with Crippen LogP contribution < -0.4 is 0 Å². The van der Waals surface area contributed by atoms with Crippen LogP contribution in [-0.4, -0.2) is 29.4 Å². The summed E-state index contributed by atoms with van der Waals surface area (Å²) in [4.78, 5) is 4.26. The van der Waals surface area contributed by atoms with Gasteiger partial charge in [0.25, 0.3) is 0 Å². The van der Waals surface area contributed by atoms with Crippen LogP contribution in [0.2, 0.25) is 0 Å². The summed E-state index contributed by atoms with van der Waals surface area (Å²) in [5, 5.41) is 11.5. The van der Waals surface area contributed by atoms with E-state index in [9.17, 15) is 5.11 Å². The molecule has 0 amide bonds. The van der Waals surface area contributed by atoms with E-state index in [2.05, 4.69) is 4.98 Å². The Bertz CT molecular complexity index is 288. The van der Waals surface area contributed by atoms with Crippen LogP contribution in [0.1, 0.15) is 19.0 Å². The maximum absolute atomic E-state index is 9.48. The van der Waals surface area contributed by atoms with Crippen molar-refractivity contribution >= 4 is 11.3 Å². The Balaban J connectivity index is 2.13. The predicted molar refractivity (Wildman–Crippen MR) is 55.4 cm³/mol. The SMILES string of the molecule is CC1OCCC1(CO)Cc1cscn1. The van der Waals surface area contributed by atoms with Crippen LogP contribution in [0.4, 0.5) is 0 Å². The molecule has 1 aromatic rings. The summed E-state index contributed by atoms with van der Waals surface area (Å²) in [6.07, 6.45) is 1.89. The first kappa shape index (κ1) is 10.1. The Morgan fingerprint density at radius 2 is 2.64 bits per heavy atom. The zero-order chi connectivity index (χ0) is 10.0. The highest BCUT2D eigenvalue weighted by Crippen LogP contribution is 2.37. The maximum atomic E-state index is 9.48. The number of aliphatic hydroxyl groups excluding tert-OH is 1. The minimum absolute atomic E-state index is 0.103. The van der Waals surface area contributed by atoms with Crippen molar-refractivity contribution in [1.82, 2.24) is 4.98 Å². The average Bonchev–Trinajstić information content (AvgIpc) is 2.79. The van der Waals surface area contributed by atoms with Crippen molar-refractivity contribution in [3.8, 4) is 0 Å². The van der Waals surface area contributed by atoms with Crippen molar-refractivity contribution in [3.05, 3.63) is 16.6 Å². The van der Waals surface area contributed by atoms with Crippen LogP contribution in [0.5, 0.6) is 0 Å². The lowest BCUT2D eigenvalue weighted by molar-refractivity contribution is 0.0267. The molecule has 0 radical (unpaired) electrons. The van der Waals surface area contributed by atoms with Gasteiger partial charge in [-0.15, -0.1) is 11.3 Å². The number of aromatic nitrogens is 1. The van der Waals surface area contributed by atoms with E-state index in [-0.39, 0.29) is 18.1 Å². The molecule has 0 bridgehead atoms. The summed E-state index contributed by atoms with van der Waals surface area (Å²) < 4.78 is 5.52. The first-order chi connectivity index (χ1) is 6.77. The third-order valence-corrected chi connectivity index (χ3v) is 3.80. The standard InChI is InChI=1S/C10H15NO2S/c1-8-10(6-12,2-3-13-8)4-9-5-14-7-11-9/h5,7-8,12H,2-4,6H2,1H3. The molecule has 1 N–H and O–H groups in total. The summed E-state index contributed by atoms with van der Waals surface area (Å²) in [5.74, 6) is 0. The molecule has 1 fully saturated rings. The molecule has 0 spiro atoms. The fourth-order valence-corrected chi connectivity index (χ4v) is 2.56. The Morgan fingerprint density at radius 1 is 1.79 bits per heavy atom. The zero-order valence-corrected chi connectivity index (χ0v) is 9.09. The van der Waals surface area contributed by atoms with Gasteiger partial charge in [0.2, 0.25) is 0 Å². The largest absolute Gasteiger partial charge is 0.396 e. The second-order valence-corrected chi connectivity index (χ2v) is 4.66. The minimum Gasteiger partial charge on any atom is -0.396 e. The molecular formula is C10H15NO2S. The molecule has 2 atom stereocenters. The second kappa shape index (κ2) is 3.96. The molecular weight excluding hydrogens is 198 g/mol. The number of hydrogen-bond acceptors (Lipinski definition) is 4. The Labute approximate surface area is 87.7 Å². The van der Waals surface area contributed by atoms with Gasteiger partial charge in [-0.25, -0.2) is 4.98 Å². The van der Waals surface area contributed by atoms with Crippen molar-refractivity contribution in [2.24, 2.45) is 5.41 Å². The molecule has 1 aliphatic rings. The Morgan fingerprint density at radius 3 is 3.14 bits per heavy atom. The molecule has 4 heteroatoms. The number of hydrogen-bond donors (Lipinski definition) is 1. The third kappa shape index (κ3) is 1.69. The Kier molecular flexibility index (Phi) is 2.85. The van der Waals surface area contributed by atoms with Crippen molar-refractivity contribution in [3.63, 3.8) is 0 Å². The van der Waals surface area contributed by atoms with E-state index < -0.39 is 0 Å². The van der Waals surface area contributed by atoms with E-state index in [0.29, 0.717) is 0 Å². The minimum atomic E-state index is -0.103. The van der Waals surface area contributed by atoms with E-state index in [1.165, 1.54) is 0 Å². The lowest BCUT2D eigenvalue weighted by atomic mass is 9.78. The van der Waals surface area contributed by atoms with E-state index in [1.807, 2.05) is 17.8 Å².